The summed E-state index contributed by atoms with van der Waals surface area (Å²) in [6.07, 6.45) is 3.51. The Morgan fingerprint density at radius 3 is 2.65 bits per heavy atom. The topological polar surface area (TPSA) is 34.1 Å². The van der Waals surface area contributed by atoms with Crippen molar-refractivity contribution in [3.8, 4) is 5.75 Å². The predicted octanol–water partition coefficient (Wildman–Crippen LogP) is 4.36. The highest BCUT2D eigenvalue weighted by molar-refractivity contribution is 9.10. The molecule has 0 atom stereocenters. The second kappa shape index (κ2) is 5.51. The van der Waals surface area contributed by atoms with E-state index in [0.29, 0.717) is 0 Å². The average Bonchev–Trinajstić information content (AvgIpc) is 2.32. The third kappa shape index (κ3) is 3.20. The molecule has 0 saturated heterocycles. The summed E-state index contributed by atoms with van der Waals surface area (Å²) in [4.78, 5) is 4.09. The fraction of sp³-hybridized carbons (Fsp3) is 0.0833. The lowest BCUT2D eigenvalue weighted by Gasteiger charge is -2.09. The Bertz CT molecular complexity index is 532. The molecule has 0 fully saturated rings. The minimum absolute atomic E-state index is 0.790. The number of methoxy groups -OCH3 is 1. The van der Waals surface area contributed by atoms with Crippen molar-refractivity contribution in [2.45, 2.75) is 0 Å². The quantitative estimate of drug-likeness (QED) is 0.886. The standard InChI is InChI=1S/C12H10Br2N2O/c1-17-12-5-9(2-3-11(12)14)16-10-4-8(13)6-15-7-10/h2-7,16H,1H3. The highest BCUT2D eigenvalue weighted by Gasteiger charge is 2.02. The van der Waals surface area contributed by atoms with E-state index in [9.17, 15) is 0 Å². The van der Waals surface area contributed by atoms with Crippen molar-refractivity contribution in [1.82, 2.24) is 4.98 Å². The highest BCUT2D eigenvalue weighted by Crippen LogP contribution is 2.29. The monoisotopic (exact) mass is 356 g/mol. The SMILES string of the molecule is COc1cc(Nc2cncc(Br)c2)ccc1Br. The summed E-state index contributed by atoms with van der Waals surface area (Å²) in [6.45, 7) is 0. The first-order valence-corrected chi connectivity index (χ1v) is 6.49. The zero-order chi connectivity index (χ0) is 12.3. The first-order valence-electron chi connectivity index (χ1n) is 4.90. The highest BCUT2D eigenvalue weighted by atomic mass is 79.9. The molecule has 2 aromatic rings. The molecule has 0 aliphatic rings. The van der Waals surface area contributed by atoms with Crippen molar-refractivity contribution in [3.05, 3.63) is 45.6 Å². The molecule has 0 aliphatic heterocycles. The summed E-state index contributed by atoms with van der Waals surface area (Å²) >= 11 is 6.80. The van der Waals surface area contributed by atoms with E-state index in [-0.39, 0.29) is 0 Å². The normalized spacial score (nSPS) is 10.1. The largest absolute Gasteiger partial charge is 0.495 e. The first-order chi connectivity index (χ1) is 8.19. The van der Waals surface area contributed by atoms with Crippen LogP contribution < -0.4 is 10.1 Å². The molecule has 1 aromatic carbocycles. The Kier molecular flexibility index (Phi) is 4.02. The van der Waals surface area contributed by atoms with Crippen LogP contribution in [0.25, 0.3) is 0 Å². The molecule has 0 amide bonds. The lowest BCUT2D eigenvalue weighted by atomic mass is 10.3. The molecular weight excluding hydrogens is 348 g/mol. The van der Waals surface area contributed by atoms with Gasteiger partial charge in [-0.1, -0.05) is 0 Å². The number of rotatable bonds is 3. The molecule has 0 unspecified atom stereocenters. The van der Waals surface area contributed by atoms with Crippen LogP contribution in [-0.4, -0.2) is 12.1 Å². The summed E-state index contributed by atoms with van der Waals surface area (Å²) in [5.41, 5.74) is 1.87. The van der Waals surface area contributed by atoms with E-state index in [2.05, 4.69) is 42.2 Å². The van der Waals surface area contributed by atoms with Gasteiger partial charge in [-0.05, 0) is 50.1 Å². The fourth-order valence-electron chi connectivity index (χ4n) is 1.38. The van der Waals surface area contributed by atoms with E-state index in [1.54, 1.807) is 19.5 Å². The van der Waals surface area contributed by atoms with E-state index in [4.69, 9.17) is 4.74 Å². The van der Waals surface area contributed by atoms with Gasteiger partial charge in [-0.25, -0.2) is 0 Å². The summed E-state index contributed by atoms with van der Waals surface area (Å²) in [5.74, 6) is 0.790. The molecule has 5 heteroatoms. The minimum atomic E-state index is 0.790. The van der Waals surface area contributed by atoms with Gasteiger partial charge in [0.2, 0.25) is 0 Å². The van der Waals surface area contributed by atoms with Crippen LogP contribution in [0, 0.1) is 0 Å². The predicted molar refractivity (Wildman–Crippen MR) is 75.9 cm³/mol. The van der Waals surface area contributed by atoms with Crippen molar-refractivity contribution in [1.29, 1.82) is 0 Å². The number of halogens is 2. The van der Waals surface area contributed by atoms with Crippen LogP contribution in [0.5, 0.6) is 5.75 Å². The van der Waals surface area contributed by atoms with E-state index in [1.807, 2.05) is 24.3 Å². The average molecular weight is 358 g/mol. The van der Waals surface area contributed by atoms with Crippen LogP contribution in [0.15, 0.2) is 45.6 Å². The van der Waals surface area contributed by atoms with Gasteiger partial charge in [-0.15, -0.1) is 0 Å². The van der Waals surface area contributed by atoms with Crippen LogP contribution >= 0.6 is 31.9 Å². The molecule has 88 valence electrons. The zero-order valence-electron chi connectivity index (χ0n) is 9.08. The van der Waals surface area contributed by atoms with Crippen molar-refractivity contribution in [2.75, 3.05) is 12.4 Å². The molecule has 0 aliphatic carbocycles. The fourth-order valence-corrected chi connectivity index (χ4v) is 2.16. The number of benzene rings is 1. The maximum atomic E-state index is 5.24. The van der Waals surface area contributed by atoms with Crippen molar-refractivity contribution < 1.29 is 4.74 Å². The second-order valence-corrected chi connectivity index (χ2v) is 5.14. The van der Waals surface area contributed by atoms with Crippen LogP contribution in [0.2, 0.25) is 0 Å². The lowest BCUT2D eigenvalue weighted by Crippen LogP contribution is -1.92. The van der Waals surface area contributed by atoms with Gasteiger partial charge in [0.1, 0.15) is 5.75 Å². The van der Waals surface area contributed by atoms with Gasteiger partial charge >= 0.3 is 0 Å². The number of anilines is 2. The van der Waals surface area contributed by atoms with Crippen molar-refractivity contribution >= 4 is 43.2 Å². The number of aromatic nitrogens is 1. The molecule has 0 radical (unpaired) electrons. The Morgan fingerprint density at radius 2 is 1.94 bits per heavy atom. The lowest BCUT2D eigenvalue weighted by molar-refractivity contribution is 0.412. The van der Waals surface area contributed by atoms with Gasteiger partial charge in [-0.2, -0.15) is 0 Å². The maximum Gasteiger partial charge on any atom is 0.135 e. The smallest absolute Gasteiger partial charge is 0.135 e. The van der Waals surface area contributed by atoms with E-state index in [1.165, 1.54) is 0 Å². The van der Waals surface area contributed by atoms with Gasteiger partial charge in [0, 0.05) is 22.4 Å². The second-order valence-electron chi connectivity index (χ2n) is 3.37. The summed E-state index contributed by atoms with van der Waals surface area (Å²) in [7, 11) is 1.64. The van der Waals surface area contributed by atoms with Crippen molar-refractivity contribution in [2.24, 2.45) is 0 Å². The van der Waals surface area contributed by atoms with E-state index >= 15 is 0 Å². The summed E-state index contributed by atoms with van der Waals surface area (Å²) in [5, 5.41) is 3.25. The van der Waals surface area contributed by atoms with E-state index < -0.39 is 0 Å². The number of nitrogens with one attached hydrogen (secondary N) is 1. The molecular formula is C12H10Br2N2O. The summed E-state index contributed by atoms with van der Waals surface area (Å²) < 4.78 is 7.10. The Hall–Kier alpha value is -1.07. The Morgan fingerprint density at radius 1 is 1.12 bits per heavy atom. The van der Waals surface area contributed by atoms with Gasteiger partial charge in [0.05, 0.1) is 23.5 Å². The van der Waals surface area contributed by atoms with E-state index in [0.717, 1.165) is 26.1 Å². The third-order valence-corrected chi connectivity index (χ3v) is 3.23. The molecule has 3 nitrogen and oxygen atoms in total. The summed E-state index contributed by atoms with van der Waals surface area (Å²) in [6, 6.07) is 7.78. The van der Waals surface area contributed by atoms with Gasteiger partial charge < -0.3 is 10.1 Å². The number of nitrogens with zero attached hydrogens (tertiary/aromatic N) is 1. The number of hydrogen-bond acceptors (Lipinski definition) is 3. The molecule has 1 heterocycles. The maximum absolute atomic E-state index is 5.24. The van der Waals surface area contributed by atoms with Crippen molar-refractivity contribution in [3.63, 3.8) is 0 Å². The molecule has 1 N–H and O–H groups in total. The van der Waals surface area contributed by atoms with Gasteiger partial charge in [-0.3, -0.25) is 4.98 Å². The molecule has 1 aromatic heterocycles. The molecule has 0 bridgehead atoms. The third-order valence-electron chi connectivity index (χ3n) is 2.14. The number of pyridine rings is 1. The van der Waals surface area contributed by atoms with Crippen LogP contribution in [-0.2, 0) is 0 Å². The van der Waals surface area contributed by atoms with Gasteiger partial charge in [0.15, 0.2) is 0 Å². The number of hydrogen-bond donors (Lipinski definition) is 1. The molecule has 2 rings (SSSR count). The molecule has 0 saturated carbocycles. The molecule has 0 spiro atoms. The molecule has 17 heavy (non-hydrogen) atoms. The Labute approximate surface area is 116 Å². The zero-order valence-corrected chi connectivity index (χ0v) is 12.2. The van der Waals surface area contributed by atoms with Crippen LogP contribution in [0.4, 0.5) is 11.4 Å². The Balaban J connectivity index is 2.24. The first kappa shape index (κ1) is 12.4. The van der Waals surface area contributed by atoms with Crippen LogP contribution in [0.1, 0.15) is 0 Å². The number of ether oxygens (including phenoxy) is 1. The van der Waals surface area contributed by atoms with Crippen LogP contribution in [0.3, 0.4) is 0 Å². The van der Waals surface area contributed by atoms with Gasteiger partial charge in [0.25, 0.3) is 0 Å². The minimum Gasteiger partial charge on any atom is -0.495 e.